The molecule has 1 aliphatic rings. The summed E-state index contributed by atoms with van der Waals surface area (Å²) in [7, 11) is 0. The summed E-state index contributed by atoms with van der Waals surface area (Å²) in [4.78, 5) is 2.58. The Kier molecular flexibility index (Phi) is 4.38. The van der Waals surface area contributed by atoms with Gasteiger partial charge in [0, 0.05) is 18.3 Å². The van der Waals surface area contributed by atoms with Gasteiger partial charge in [-0.3, -0.25) is 0 Å². The lowest BCUT2D eigenvalue weighted by Crippen LogP contribution is -2.34. The summed E-state index contributed by atoms with van der Waals surface area (Å²) < 4.78 is 0. The minimum atomic E-state index is 0.645. The van der Waals surface area contributed by atoms with E-state index in [2.05, 4.69) is 55.6 Å². The zero-order chi connectivity index (χ0) is 12.3. The highest BCUT2D eigenvalue weighted by atomic mass is 32.1. The lowest BCUT2D eigenvalue weighted by molar-refractivity contribution is 0.502. The Morgan fingerprint density at radius 3 is 2.88 bits per heavy atom. The largest absolute Gasteiger partial charge is 0.368 e. The van der Waals surface area contributed by atoms with Crippen molar-refractivity contribution < 1.29 is 0 Å². The van der Waals surface area contributed by atoms with Gasteiger partial charge in [-0.05, 0) is 43.1 Å². The molecule has 0 aliphatic carbocycles. The molecule has 0 N–H and O–H groups in total. The molecule has 2 heteroatoms. The molecule has 0 saturated heterocycles. The van der Waals surface area contributed by atoms with Crippen molar-refractivity contribution >= 4 is 18.3 Å². The summed E-state index contributed by atoms with van der Waals surface area (Å²) in [5.41, 5.74) is 2.96. The molecule has 2 rings (SSSR count). The molecule has 1 aromatic carbocycles. The van der Waals surface area contributed by atoms with Gasteiger partial charge in [-0.1, -0.05) is 31.5 Å². The summed E-state index contributed by atoms with van der Waals surface area (Å²) in [5.74, 6) is 1.72. The third-order valence-corrected chi connectivity index (χ3v) is 4.27. The number of para-hydroxylation sites is 1. The molecule has 1 aromatic rings. The van der Waals surface area contributed by atoms with Gasteiger partial charge in [0.2, 0.25) is 0 Å². The van der Waals surface area contributed by atoms with Crippen molar-refractivity contribution in [3.63, 3.8) is 0 Å². The number of hydrogen-bond donors (Lipinski definition) is 1. The molecule has 0 spiro atoms. The van der Waals surface area contributed by atoms with Crippen molar-refractivity contribution in [1.29, 1.82) is 0 Å². The number of fused-ring (bicyclic) bond motifs is 1. The second-order valence-corrected chi connectivity index (χ2v) is 5.54. The first-order valence-electron chi connectivity index (χ1n) is 6.71. The van der Waals surface area contributed by atoms with Crippen LogP contribution in [0.4, 0.5) is 5.69 Å². The maximum absolute atomic E-state index is 4.50. The van der Waals surface area contributed by atoms with E-state index < -0.39 is 0 Å². The second-order valence-electron chi connectivity index (χ2n) is 5.17. The van der Waals surface area contributed by atoms with Crippen LogP contribution in [0.15, 0.2) is 24.3 Å². The van der Waals surface area contributed by atoms with Crippen LogP contribution in [0, 0.1) is 5.92 Å². The molecule has 1 aliphatic heterocycles. The van der Waals surface area contributed by atoms with E-state index in [0.717, 1.165) is 18.2 Å². The summed E-state index contributed by atoms with van der Waals surface area (Å²) in [5, 5.41) is 0. The van der Waals surface area contributed by atoms with Crippen molar-refractivity contribution in [2.75, 3.05) is 17.2 Å². The highest BCUT2D eigenvalue weighted by Crippen LogP contribution is 2.32. The first-order chi connectivity index (χ1) is 8.26. The van der Waals surface area contributed by atoms with Crippen molar-refractivity contribution in [3.8, 4) is 0 Å². The molecule has 1 heterocycles. The van der Waals surface area contributed by atoms with Gasteiger partial charge in [0.25, 0.3) is 0 Å². The Morgan fingerprint density at radius 1 is 1.41 bits per heavy atom. The predicted octanol–water partition coefficient (Wildman–Crippen LogP) is 3.78. The fraction of sp³-hybridized carbons (Fsp3) is 0.600. The Hall–Kier alpha value is -0.630. The molecule has 0 fully saturated rings. The molecule has 0 bridgehead atoms. The van der Waals surface area contributed by atoms with Crippen LogP contribution in [-0.4, -0.2) is 18.3 Å². The Balaban J connectivity index is 2.10. The van der Waals surface area contributed by atoms with E-state index in [1.807, 2.05) is 0 Å². The van der Waals surface area contributed by atoms with E-state index in [0.29, 0.717) is 6.04 Å². The number of rotatable bonds is 5. The van der Waals surface area contributed by atoms with Gasteiger partial charge in [-0.2, -0.15) is 12.6 Å². The normalized spacial score (nSPS) is 20.4. The maximum atomic E-state index is 4.50. The lowest BCUT2D eigenvalue weighted by Gasteiger charge is -2.29. The molecule has 1 nitrogen and oxygen atoms in total. The van der Waals surface area contributed by atoms with Crippen molar-refractivity contribution in [2.24, 2.45) is 5.92 Å². The van der Waals surface area contributed by atoms with Crippen LogP contribution in [0.5, 0.6) is 0 Å². The molecule has 0 saturated carbocycles. The number of hydrogen-bond acceptors (Lipinski definition) is 2. The zero-order valence-corrected chi connectivity index (χ0v) is 11.8. The van der Waals surface area contributed by atoms with Gasteiger partial charge < -0.3 is 4.90 Å². The van der Waals surface area contributed by atoms with Crippen LogP contribution in [0.3, 0.4) is 0 Å². The van der Waals surface area contributed by atoms with Crippen molar-refractivity contribution in [1.82, 2.24) is 0 Å². The molecule has 94 valence electrons. The topological polar surface area (TPSA) is 3.24 Å². The molecule has 2 atom stereocenters. The van der Waals surface area contributed by atoms with Crippen LogP contribution in [0.1, 0.15) is 32.3 Å². The summed E-state index contributed by atoms with van der Waals surface area (Å²) in [6.07, 6.45) is 3.74. The zero-order valence-electron chi connectivity index (χ0n) is 10.9. The average molecular weight is 249 g/mol. The number of nitrogens with zero attached hydrogens (tertiary/aromatic N) is 1. The third kappa shape index (κ3) is 2.79. The summed E-state index contributed by atoms with van der Waals surface area (Å²) >= 11 is 4.50. The van der Waals surface area contributed by atoms with Gasteiger partial charge in [0.1, 0.15) is 0 Å². The fourth-order valence-electron chi connectivity index (χ4n) is 2.83. The van der Waals surface area contributed by atoms with E-state index in [9.17, 15) is 0 Å². The van der Waals surface area contributed by atoms with Gasteiger partial charge in [0.15, 0.2) is 0 Å². The van der Waals surface area contributed by atoms with Gasteiger partial charge in [-0.25, -0.2) is 0 Å². The monoisotopic (exact) mass is 249 g/mol. The minimum absolute atomic E-state index is 0.645. The van der Waals surface area contributed by atoms with Crippen LogP contribution in [0.2, 0.25) is 0 Å². The highest BCUT2D eigenvalue weighted by molar-refractivity contribution is 7.80. The van der Waals surface area contributed by atoms with Crippen LogP contribution < -0.4 is 4.90 Å². The van der Waals surface area contributed by atoms with E-state index in [4.69, 9.17) is 0 Å². The van der Waals surface area contributed by atoms with E-state index >= 15 is 0 Å². The molecular formula is C15H23NS. The van der Waals surface area contributed by atoms with E-state index in [-0.39, 0.29) is 0 Å². The van der Waals surface area contributed by atoms with Crippen LogP contribution >= 0.6 is 12.6 Å². The molecule has 17 heavy (non-hydrogen) atoms. The molecule has 2 unspecified atom stereocenters. The van der Waals surface area contributed by atoms with Crippen LogP contribution in [-0.2, 0) is 6.42 Å². The van der Waals surface area contributed by atoms with Crippen molar-refractivity contribution in [3.05, 3.63) is 29.8 Å². The molecule has 0 radical (unpaired) electrons. The van der Waals surface area contributed by atoms with Crippen LogP contribution in [0.25, 0.3) is 0 Å². The van der Waals surface area contributed by atoms with Gasteiger partial charge in [0.05, 0.1) is 0 Å². The fourth-order valence-corrected chi connectivity index (χ4v) is 3.13. The predicted molar refractivity (Wildman–Crippen MR) is 79.2 cm³/mol. The second kappa shape index (κ2) is 5.81. The number of anilines is 1. The SMILES string of the molecule is CCCC(CS)CN1c2ccccc2CC1C. The quantitative estimate of drug-likeness (QED) is 0.777. The minimum Gasteiger partial charge on any atom is -0.368 e. The molecule has 0 amide bonds. The van der Waals surface area contributed by atoms with Gasteiger partial charge >= 0.3 is 0 Å². The molecular weight excluding hydrogens is 226 g/mol. The first-order valence-corrected chi connectivity index (χ1v) is 7.35. The average Bonchev–Trinajstić information content (AvgIpc) is 2.65. The summed E-state index contributed by atoms with van der Waals surface area (Å²) in [6.45, 7) is 5.76. The Morgan fingerprint density at radius 2 is 2.18 bits per heavy atom. The Bertz CT molecular complexity index is 364. The Labute approximate surface area is 111 Å². The number of benzene rings is 1. The van der Waals surface area contributed by atoms with E-state index in [1.54, 1.807) is 0 Å². The van der Waals surface area contributed by atoms with Crippen molar-refractivity contribution in [2.45, 2.75) is 39.2 Å². The third-order valence-electron chi connectivity index (χ3n) is 3.76. The summed E-state index contributed by atoms with van der Waals surface area (Å²) in [6, 6.07) is 9.48. The number of thiol groups is 1. The maximum Gasteiger partial charge on any atom is 0.0402 e. The highest BCUT2D eigenvalue weighted by Gasteiger charge is 2.26. The molecule has 0 aromatic heterocycles. The standard InChI is InChI=1S/C15H23NS/c1-3-6-13(11-17)10-16-12(2)9-14-7-4-5-8-15(14)16/h4-5,7-8,12-13,17H,3,6,9-11H2,1-2H3. The van der Waals surface area contributed by atoms with Gasteiger partial charge in [-0.15, -0.1) is 0 Å². The smallest absolute Gasteiger partial charge is 0.0402 e. The lowest BCUT2D eigenvalue weighted by atomic mass is 10.0. The first kappa shape index (κ1) is 12.8. The van der Waals surface area contributed by atoms with E-state index in [1.165, 1.54) is 30.5 Å².